The third-order valence-electron chi connectivity index (χ3n) is 3.51. The Kier molecular flexibility index (Phi) is 9.01. The van der Waals surface area contributed by atoms with E-state index < -0.39 is 10.0 Å². The molecule has 1 atom stereocenters. The number of sulfonamides is 1. The first-order valence-electron chi connectivity index (χ1n) is 6.81. The molecule has 1 aromatic rings. The third-order valence-corrected chi connectivity index (χ3v) is 5.30. The van der Waals surface area contributed by atoms with Gasteiger partial charge in [-0.25, -0.2) is 8.42 Å². The molecule has 1 saturated heterocycles. The van der Waals surface area contributed by atoms with Gasteiger partial charge < -0.3 is 10.6 Å². The van der Waals surface area contributed by atoms with E-state index in [-0.39, 0.29) is 48.2 Å². The largest absolute Gasteiger partial charge is 0.340 e. The first-order chi connectivity index (χ1) is 9.91. The molecule has 10 heteroatoms. The summed E-state index contributed by atoms with van der Waals surface area (Å²) in [5.74, 6) is -0.222. The lowest BCUT2D eigenvalue weighted by molar-refractivity contribution is -0.132. The van der Waals surface area contributed by atoms with Crippen molar-refractivity contribution >= 4 is 40.7 Å². The number of pyridine rings is 1. The molecule has 0 saturated carbocycles. The number of carbonyl (C=O) groups excluding carboxylic acids is 1. The van der Waals surface area contributed by atoms with E-state index >= 15 is 0 Å². The Hall–Kier alpha value is -0.930. The van der Waals surface area contributed by atoms with Crippen LogP contribution in [0.5, 0.6) is 0 Å². The lowest BCUT2D eigenvalue weighted by Gasteiger charge is -2.31. The van der Waals surface area contributed by atoms with Gasteiger partial charge in [0.25, 0.3) is 0 Å². The second-order valence-corrected chi connectivity index (χ2v) is 7.24. The van der Waals surface area contributed by atoms with E-state index in [0.717, 1.165) is 17.1 Å². The van der Waals surface area contributed by atoms with Gasteiger partial charge in [0.15, 0.2) is 0 Å². The van der Waals surface area contributed by atoms with Gasteiger partial charge >= 0.3 is 0 Å². The zero-order valence-corrected chi connectivity index (χ0v) is 15.2. The van der Waals surface area contributed by atoms with Crippen LogP contribution < -0.4 is 5.73 Å². The number of halogens is 2. The topological polar surface area (TPSA) is 96.6 Å². The van der Waals surface area contributed by atoms with E-state index in [1.807, 2.05) is 0 Å². The molecular weight excluding hydrogens is 363 g/mol. The average Bonchev–Trinajstić information content (AvgIpc) is 2.48. The lowest BCUT2D eigenvalue weighted by Crippen LogP contribution is -2.49. The maximum Gasteiger partial charge on any atom is 0.244 e. The van der Waals surface area contributed by atoms with Gasteiger partial charge in [-0.3, -0.25) is 9.78 Å². The van der Waals surface area contributed by atoms with Gasteiger partial charge in [0.1, 0.15) is 4.90 Å². The standard InChI is InChI=1S/C13H20N4O3S.2ClH/c1-16(21(19,20)12-5-2-6-15-8-12)10-13(18)17-7-3-4-11(14)9-17;;/h2,5-6,8,11H,3-4,7,9-10,14H2,1H3;2*1H. The summed E-state index contributed by atoms with van der Waals surface area (Å²) in [4.78, 5) is 17.7. The number of hydrogen-bond acceptors (Lipinski definition) is 5. The second kappa shape index (κ2) is 9.39. The molecule has 1 aliphatic heterocycles. The van der Waals surface area contributed by atoms with E-state index in [4.69, 9.17) is 5.73 Å². The van der Waals surface area contributed by atoms with Crippen molar-refractivity contribution in [2.24, 2.45) is 5.73 Å². The molecule has 0 bridgehead atoms. The number of likely N-dealkylation sites (tertiary alicyclic amines) is 1. The maximum atomic E-state index is 12.3. The van der Waals surface area contributed by atoms with Crippen LogP contribution in [-0.2, 0) is 14.8 Å². The molecule has 0 spiro atoms. The minimum atomic E-state index is -3.69. The molecule has 0 aromatic carbocycles. The van der Waals surface area contributed by atoms with Gasteiger partial charge in [-0.05, 0) is 25.0 Å². The number of nitrogens with two attached hydrogens (primary N) is 1. The van der Waals surface area contributed by atoms with Crippen LogP contribution in [0.25, 0.3) is 0 Å². The van der Waals surface area contributed by atoms with E-state index in [1.165, 1.54) is 25.5 Å². The molecule has 7 nitrogen and oxygen atoms in total. The fourth-order valence-corrected chi connectivity index (χ4v) is 3.38. The monoisotopic (exact) mass is 384 g/mol. The molecular formula is C13H22Cl2N4O3S. The summed E-state index contributed by atoms with van der Waals surface area (Å²) < 4.78 is 25.7. The summed E-state index contributed by atoms with van der Waals surface area (Å²) in [5, 5.41) is 0. The predicted molar refractivity (Wildman–Crippen MR) is 92.3 cm³/mol. The van der Waals surface area contributed by atoms with Crippen LogP contribution in [0, 0.1) is 0 Å². The highest BCUT2D eigenvalue weighted by atomic mass is 35.5. The van der Waals surface area contributed by atoms with Crippen molar-refractivity contribution in [1.29, 1.82) is 0 Å². The molecule has 1 unspecified atom stereocenters. The van der Waals surface area contributed by atoms with Crippen LogP contribution in [0.3, 0.4) is 0 Å². The van der Waals surface area contributed by atoms with Gasteiger partial charge in [-0.1, -0.05) is 0 Å². The Bertz CT molecular complexity index is 600. The molecule has 1 amide bonds. The lowest BCUT2D eigenvalue weighted by atomic mass is 10.1. The third kappa shape index (κ3) is 5.58. The minimum Gasteiger partial charge on any atom is -0.340 e. The smallest absolute Gasteiger partial charge is 0.244 e. The fraction of sp³-hybridized carbons (Fsp3) is 0.538. The molecule has 1 aromatic heterocycles. The van der Waals surface area contributed by atoms with Crippen molar-refractivity contribution < 1.29 is 13.2 Å². The number of rotatable bonds is 4. The highest BCUT2D eigenvalue weighted by Crippen LogP contribution is 2.14. The molecule has 1 aliphatic rings. The Morgan fingerprint density at radius 1 is 1.48 bits per heavy atom. The van der Waals surface area contributed by atoms with Gasteiger partial charge in [0.2, 0.25) is 15.9 Å². The molecule has 0 aliphatic carbocycles. The average molecular weight is 385 g/mol. The zero-order valence-electron chi connectivity index (χ0n) is 12.8. The Labute approximate surface area is 149 Å². The van der Waals surface area contributed by atoms with Gasteiger partial charge in [-0.2, -0.15) is 4.31 Å². The summed E-state index contributed by atoms with van der Waals surface area (Å²) in [6.07, 6.45) is 4.52. The predicted octanol–water partition coefficient (Wildman–Crippen LogP) is 0.495. The van der Waals surface area contributed by atoms with Crippen LogP contribution in [0.2, 0.25) is 0 Å². The van der Waals surface area contributed by atoms with Crippen molar-refractivity contribution in [3.8, 4) is 0 Å². The summed E-state index contributed by atoms with van der Waals surface area (Å²) in [5.41, 5.74) is 5.84. The maximum absolute atomic E-state index is 12.3. The van der Waals surface area contributed by atoms with Crippen molar-refractivity contribution in [3.63, 3.8) is 0 Å². The number of likely N-dealkylation sites (N-methyl/N-ethyl adjacent to an activating group) is 1. The van der Waals surface area contributed by atoms with E-state index in [1.54, 1.807) is 11.0 Å². The first kappa shape index (κ1) is 22.1. The summed E-state index contributed by atoms with van der Waals surface area (Å²) in [6, 6.07) is 2.98. The van der Waals surface area contributed by atoms with Crippen molar-refractivity contribution in [1.82, 2.24) is 14.2 Å². The SMILES string of the molecule is CN(CC(=O)N1CCCC(N)C1)S(=O)(=O)c1cccnc1.Cl.Cl. The summed E-state index contributed by atoms with van der Waals surface area (Å²) >= 11 is 0. The number of aromatic nitrogens is 1. The van der Waals surface area contributed by atoms with Crippen LogP contribution in [0.1, 0.15) is 12.8 Å². The number of piperidine rings is 1. The molecule has 2 N–H and O–H groups in total. The summed E-state index contributed by atoms with van der Waals surface area (Å²) in [7, 11) is -2.30. The number of carbonyl (C=O) groups is 1. The normalized spacial score (nSPS) is 18.0. The highest BCUT2D eigenvalue weighted by molar-refractivity contribution is 7.89. The molecule has 23 heavy (non-hydrogen) atoms. The first-order valence-corrected chi connectivity index (χ1v) is 8.25. The van der Waals surface area contributed by atoms with Crippen LogP contribution in [0.15, 0.2) is 29.4 Å². The van der Waals surface area contributed by atoms with E-state index in [2.05, 4.69) is 4.98 Å². The quantitative estimate of drug-likeness (QED) is 0.814. The van der Waals surface area contributed by atoms with Gasteiger partial charge in [-0.15, -0.1) is 24.8 Å². The molecule has 0 radical (unpaired) electrons. The van der Waals surface area contributed by atoms with Crippen LogP contribution >= 0.6 is 24.8 Å². The molecule has 1 fully saturated rings. The number of hydrogen-bond donors (Lipinski definition) is 1. The van der Waals surface area contributed by atoms with Crippen molar-refractivity contribution in [2.45, 2.75) is 23.8 Å². The molecule has 132 valence electrons. The molecule has 2 heterocycles. The van der Waals surface area contributed by atoms with E-state index in [0.29, 0.717) is 13.1 Å². The Morgan fingerprint density at radius 2 is 2.17 bits per heavy atom. The van der Waals surface area contributed by atoms with E-state index in [9.17, 15) is 13.2 Å². The van der Waals surface area contributed by atoms with Crippen molar-refractivity contribution in [3.05, 3.63) is 24.5 Å². The number of nitrogens with zero attached hydrogens (tertiary/aromatic N) is 3. The van der Waals surface area contributed by atoms with Crippen LogP contribution in [-0.4, -0.2) is 61.2 Å². The van der Waals surface area contributed by atoms with Gasteiger partial charge in [0.05, 0.1) is 6.54 Å². The fourth-order valence-electron chi connectivity index (χ4n) is 2.29. The molecule has 2 rings (SSSR count). The second-order valence-electron chi connectivity index (χ2n) is 5.19. The zero-order chi connectivity index (χ0) is 15.5. The van der Waals surface area contributed by atoms with Crippen molar-refractivity contribution in [2.75, 3.05) is 26.7 Å². The highest BCUT2D eigenvalue weighted by Gasteiger charge is 2.27. The van der Waals surface area contributed by atoms with Crippen LogP contribution in [0.4, 0.5) is 0 Å². The number of amides is 1. The Balaban J connectivity index is 0.00000242. The Morgan fingerprint density at radius 3 is 2.74 bits per heavy atom. The summed E-state index contributed by atoms with van der Waals surface area (Å²) in [6.45, 7) is 0.927. The minimum absolute atomic E-state index is 0. The van der Waals surface area contributed by atoms with Gasteiger partial charge in [0, 0.05) is 38.6 Å².